The minimum Gasteiger partial charge on any atom is -0.300 e. The molecule has 15 heavy (non-hydrogen) atoms. The van der Waals surface area contributed by atoms with Crippen LogP contribution in [0.1, 0.15) is 58.8 Å². The van der Waals surface area contributed by atoms with Crippen LogP contribution in [0.3, 0.4) is 0 Å². The topological polar surface area (TPSA) is 3.24 Å². The maximum Gasteiger partial charge on any atom is 0.00670 e. The Morgan fingerprint density at radius 1 is 1.00 bits per heavy atom. The van der Waals surface area contributed by atoms with E-state index >= 15 is 0 Å². The quantitative estimate of drug-likeness (QED) is 0.670. The van der Waals surface area contributed by atoms with E-state index in [1.165, 1.54) is 58.0 Å². The van der Waals surface area contributed by atoms with Crippen molar-refractivity contribution in [3.05, 3.63) is 0 Å². The minimum absolute atomic E-state index is 0.857. The molecular formula is C14H27N. The van der Waals surface area contributed by atoms with E-state index in [4.69, 9.17) is 0 Å². The van der Waals surface area contributed by atoms with Crippen LogP contribution >= 0.6 is 0 Å². The van der Waals surface area contributed by atoms with Gasteiger partial charge in [-0.25, -0.2) is 0 Å². The molecule has 0 aromatic heterocycles. The molecule has 0 amide bonds. The first-order valence-corrected chi connectivity index (χ1v) is 6.99. The zero-order valence-corrected chi connectivity index (χ0v) is 10.5. The molecule has 88 valence electrons. The molecule has 0 aromatic rings. The van der Waals surface area contributed by atoms with Crippen LogP contribution in [0.25, 0.3) is 0 Å². The molecule has 2 fully saturated rings. The van der Waals surface area contributed by atoms with E-state index < -0.39 is 0 Å². The molecule has 1 aliphatic carbocycles. The lowest BCUT2D eigenvalue weighted by Crippen LogP contribution is -2.41. The summed E-state index contributed by atoms with van der Waals surface area (Å²) in [5.74, 6) is 2.00. The Kier molecular flexibility index (Phi) is 4.07. The van der Waals surface area contributed by atoms with Crippen LogP contribution in [0.2, 0.25) is 0 Å². The van der Waals surface area contributed by atoms with Gasteiger partial charge in [-0.2, -0.15) is 0 Å². The number of hydrogen-bond acceptors (Lipinski definition) is 1. The third kappa shape index (κ3) is 3.21. The van der Waals surface area contributed by atoms with Gasteiger partial charge >= 0.3 is 0 Å². The number of hydrogen-bond donors (Lipinski definition) is 0. The third-order valence-electron chi connectivity index (χ3n) is 4.48. The highest BCUT2D eigenvalue weighted by atomic mass is 15.2. The van der Waals surface area contributed by atoms with Crippen molar-refractivity contribution in [2.75, 3.05) is 13.1 Å². The van der Waals surface area contributed by atoms with Crippen molar-refractivity contribution >= 4 is 0 Å². The lowest BCUT2D eigenvalue weighted by Gasteiger charge is -2.38. The standard InChI is InChI=1S/C14H27N/c1-12-6-5-8-14(10-12)11-15-9-4-3-7-13(15)2/h12-14H,3-11H2,1-2H3. The van der Waals surface area contributed by atoms with Crippen molar-refractivity contribution in [2.45, 2.75) is 64.8 Å². The molecule has 1 heterocycles. The predicted octanol–water partition coefficient (Wildman–Crippen LogP) is 3.69. The molecule has 1 saturated heterocycles. The first-order chi connectivity index (χ1) is 7.25. The van der Waals surface area contributed by atoms with Crippen molar-refractivity contribution in [1.82, 2.24) is 4.90 Å². The summed E-state index contributed by atoms with van der Waals surface area (Å²) in [6.07, 6.45) is 10.3. The van der Waals surface area contributed by atoms with E-state index in [0.717, 1.165) is 17.9 Å². The molecule has 3 unspecified atom stereocenters. The summed E-state index contributed by atoms with van der Waals surface area (Å²) in [6.45, 7) is 7.62. The van der Waals surface area contributed by atoms with Crippen molar-refractivity contribution in [3.8, 4) is 0 Å². The maximum absolute atomic E-state index is 2.76. The smallest absolute Gasteiger partial charge is 0.00670 e. The third-order valence-corrected chi connectivity index (χ3v) is 4.48. The van der Waals surface area contributed by atoms with Crippen molar-refractivity contribution in [2.24, 2.45) is 11.8 Å². The second-order valence-corrected chi connectivity index (χ2v) is 5.98. The van der Waals surface area contributed by atoms with Crippen molar-refractivity contribution in [1.29, 1.82) is 0 Å². The number of piperidine rings is 1. The highest BCUT2D eigenvalue weighted by Gasteiger charge is 2.24. The summed E-state index contributed by atoms with van der Waals surface area (Å²) in [5, 5.41) is 0. The Hall–Kier alpha value is -0.0400. The van der Waals surface area contributed by atoms with Gasteiger partial charge in [-0.3, -0.25) is 0 Å². The van der Waals surface area contributed by atoms with Crippen LogP contribution in [0.5, 0.6) is 0 Å². The van der Waals surface area contributed by atoms with Crippen LogP contribution < -0.4 is 0 Å². The van der Waals surface area contributed by atoms with E-state index in [1.54, 1.807) is 0 Å². The van der Waals surface area contributed by atoms with E-state index in [2.05, 4.69) is 18.7 Å². The van der Waals surface area contributed by atoms with Crippen LogP contribution in [-0.2, 0) is 0 Å². The fraction of sp³-hybridized carbons (Fsp3) is 1.00. The van der Waals surface area contributed by atoms with Gasteiger partial charge in [0.25, 0.3) is 0 Å². The fourth-order valence-electron chi connectivity index (χ4n) is 3.49. The molecular weight excluding hydrogens is 182 g/mol. The van der Waals surface area contributed by atoms with E-state index in [-0.39, 0.29) is 0 Å². The van der Waals surface area contributed by atoms with Crippen LogP contribution in [0.15, 0.2) is 0 Å². The van der Waals surface area contributed by atoms with Gasteiger partial charge in [-0.1, -0.05) is 26.2 Å². The first kappa shape index (κ1) is 11.4. The first-order valence-electron chi connectivity index (χ1n) is 6.99. The second kappa shape index (κ2) is 5.34. The van der Waals surface area contributed by atoms with Gasteiger partial charge in [0, 0.05) is 12.6 Å². The van der Waals surface area contributed by atoms with E-state index in [9.17, 15) is 0 Å². The van der Waals surface area contributed by atoms with Gasteiger partial charge in [-0.05, 0) is 51.0 Å². The summed E-state index contributed by atoms with van der Waals surface area (Å²) >= 11 is 0. The zero-order chi connectivity index (χ0) is 10.7. The van der Waals surface area contributed by atoms with Crippen molar-refractivity contribution in [3.63, 3.8) is 0 Å². The van der Waals surface area contributed by atoms with Gasteiger partial charge in [0.05, 0.1) is 0 Å². The van der Waals surface area contributed by atoms with E-state index in [0.29, 0.717) is 0 Å². The molecule has 3 atom stereocenters. The summed E-state index contributed by atoms with van der Waals surface area (Å²) in [5.41, 5.74) is 0. The SMILES string of the molecule is CC1CCCC(CN2CCCCC2C)C1. The summed E-state index contributed by atoms with van der Waals surface area (Å²) in [7, 11) is 0. The fourth-order valence-corrected chi connectivity index (χ4v) is 3.49. The molecule has 0 spiro atoms. The molecule has 2 rings (SSSR count). The summed E-state index contributed by atoms with van der Waals surface area (Å²) in [6, 6.07) is 0.857. The molecule has 0 bridgehead atoms. The summed E-state index contributed by atoms with van der Waals surface area (Å²) < 4.78 is 0. The molecule has 0 N–H and O–H groups in total. The van der Waals surface area contributed by atoms with E-state index in [1.807, 2.05) is 0 Å². The molecule has 1 aliphatic heterocycles. The summed E-state index contributed by atoms with van der Waals surface area (Å²) in [4.78, 5) is 2.76. The Morgan fingerprint density at radius 2 is 1.87 bits per heavy atom. The van der Waals surface area contributed by atoms with Gasteiger partial charge in [0.2, 0.25) is 0 Å². The Morgan fingerprint density at radius 3 is 2.60 bits per heavy atom. The largest absolute Gasteiger partial charge is 0.300 e. The molecule has 1 nitrogen and oxygen atoms in total. The normalized spacial score (nSPS) is 39.2. The predicted molar refractivity (Wildman–Crippen MR) is 66.0 cm³/mol. The average molecular weight is 209 g/mol. The van der Waals surface area contributed by atoms with Crippen LogP contribution in [-0.4, -0.2) is 24.0 Å². The van der Waals surface area contributed by atoms with Gasteiger partial charge < -0.3 is 4.90 Å². The Bertz CT molecular complexity index is 190. The van der Waals surface area contributed by atoms with Crippen LogP contribution in [0.4, 0.5) is 0 Å². The van der Waals surface area contributed by atoms with Gasteiger partial charge in [-0.15, -0.1) is 0 Å². The van der Waals surface area contributed by atoms with Gasteiger partial charge in [0.1, 0.15) is 0 Å². The molecule has 1 heteroatoms. The molecule has 0 radical (unpaired) electrons. The van der Waals surface area contributed by atoms with Crippen LogP contribution in [0, 0.1) is 11.8 Å². The highest BCUT2D eigenvalue weighted by molar-refractivity contribution is 4.78. The number of likely N-dealkylation sites (tertiary alicyclic amines) is 1. The molecule has 0 aromatic carbocycles. The maximum atomic E-state index is 2.76. The number of rotatable bonds is 2. The Balaban J connectivity index is 1.79. The Labute approximate surface area is 95.2 Å². The van der Waals surface area contributed by atoms with Crippen molar-refractivity contribution < 1.29 is 0 Å². The zero-order valence-electron chi connectivity index (χ0n) is 10.5. The average Bonchev–Trinajstić information content (AvgIpc) is 2.22. The molecule has 1 saturated carbocycles. The lowest BCUT2D eigenvalue weighted by atomic mass is 9.82. The van der Waals surface area contributed by atoms with Gasteiger partial charge in [0.15, 0.2) is 0 Å². The monoisotopic (exact) mass is 209 g/mol. The number of nitrogens with zero attached hydrogens (tertiary/aromatic N) is 1. The second-order valence-electron chi connectivity index (χ2n) is 5.98. The highest BCUT2D eigenvalue weighted by Crippen LogP contribution is 2.30. The lowest BCUT2D eigenvalue weighted by molar-refractivity contribution is 0.114. The minimum atomic E-state index is 0.857. The molecule has 2 aliphatic rings.